The minimum atomic E-state index is -1.24. The summed E-state index contributed by atoms with van der Waals surface area (Å²) in [5, 5.41) is 8.53. The molecule has 0 saturated heterocycles. The van der Waals surface area contributed by atoms with Crippen molar-refractivity contribution in [2.24, 2.45) is 0 Å². The van der Waals surface area contributed by atoms with E-state index >= 15 is 0 Å². The van der Waals surface area contributed by atoms with Crippen LogP contribution in [-0.2, 0) is 0 Å². The van der Waals surface area contributed by atoms with Crippen molar-refractivity contribution in [1.29, 1.82) is 0 Å². The van der Waals surface area contributed by atoms with Crippen LogP contribution in [0, 0.1) is 0 Å². The molecule has 0 atom stereocenters. The minimum absolute atomic E-state index is 0.271. The smallest absolute Gasteiger partial charge is 0.341 e. The maximum atomic E-state index is 10.9. The van der Waals surface area contributed by atoms with Gasteiger partial charge in [-0.3, -0.25) is 4.79 Å². The summed E-state index contributed by atoms with van der Waals surface area (Å²) in [4.78, 5) is 23.6. The van der Waals surface area contributed by atoms with E-state index < -0.39 is 11.5 Å². The first-order valence-electron chi connectivity index (χ1n) is 3.23. The third-order valence-electron chi connectivity index (χ3n) is 1.39. The second kappa shape index (κ2) is 3.04. The molecule has 0 saturated carbocycles. The molecule has 1 aromatic rings. The highest BCUT2D eigenvalue weighted by Crippen LogP contribution is 1.99. The summed E-state index contributed by atoms with van der Waals surface area (Å²) in [6.45, 7) is 3.45. The lowest BCUT2D eigenvalue weighted by Gasteiger charge is -1.94. The topological polar surface area (TPSA) is 70.2 Å². The first kappa shape index (κ1) is 8.26. The van der Waals surface area contributed by atoms with E-state index in [0.717, 1.165) is 0 Å². The van der Waals surface area contributed by atoms with Gasteiger partial charge in [0.1, 0.15) is 5.56 Å². The summed E-state index contributed by atoms with van der Waals surface area (Å²) in [6, 6.07) is 1.27. The van der Waals surface area contributed by atoms with Gasteiger partial charge in [-0.15, -0.1) is 0 Å². The number of H-pyrrole nitrogens is 1. The third-order valence-corrected chi connectivity index (χ3v) is 1.39. The fraction of sp³-hybridized carbons (Fsp3) is 0. The molecular formula is C8H7NO3. The van der Waals surface area contributed by atoms with E-state index in [0.29, 0.717) is 5.56 Å². The monoisotopic (exact) mass is 165 g/mol. The first-order valence-corrected chi connectivity index (χ1v) is 3.23. The van der Waals surface area contributed by atoms with Crippen molar-refractivity contribution in [3.05, 3.63) is 40.3 Å². The zero-order valence-electron chi connectivity index (χ0n) is 6.20. The lowest BCUT2D eigenvalue weighted by atomic mass is 10.2. The van der Waals surface area contributed by atoms with E-state index in [-0.39, 0.29) is 5.56 Å². The lowest BCUT2D eigenvalue weighted by Crippen LogP contribution is -2.16. The molecule has 12 heavy (non-hydrogen) atoms. The average Bonchev–Trinajstić information content (AvgIpc) is 2.05. The normalized spacial score (nSPS) is 9.33. The molecule has 4 nitrogen and oxygen atoms in total. The lowest BCUT2D eigenvalue weighted by molar-refractivity contribution is 0.0695. The zero-order valence-corrected chi connectivity index (χ0v) is 6.20. The van der Waals surface area contributed by atoms with Crippen LogP contribution in [0.15, 0.2) is 23.6 Å². The number of hydrogen-bond donors (Lipinski definition) is 2. The molecule has 1 aromatic heterocycles. The van der Waals surface area contributed by atoms with Gasteiger partial charge in [0.25, 0.3) is 5.56 Å². The fourth-order valence-electron chi connectivity index (χ4n) is 0.777. The van der Waals surface area contributed by atoms with E-state index in [4.69, 9.17) is 5.11 Å². The van der Waals surface area contributed by atoms with E-state index in [2.05, 4.69) is 11.6 Å². The molecule has 4 heteroatoms. The van der Waals surface area contributed by atoms with Crippen LogP contribution in [0.1, 0.15) is 15.9 Å². The van der Waals surface area contributed by atoms with Gasteiger partial charge in [-0.1, -0.05) is 12.7 Å². The van der Waals surface area contributed by atoms with Crippen molar-refractivity contribution in [3.8, 4) is 0 Å². The van der Waals surface area contributed by atoms with Crippen LogP contribution in [0.2, 0.25) is 0 Å². The molecule has 0 spiro atoms. The van der Waals surface area contributed by atoms with Crippen molar-refractivity contribution in [1.82, 2.24) is 4.98 Å². The Hall–Kier alpha value is -1.84. The van der Waals surface area contributed by atoms with Crippen LogP contribution in [0.25, 0.3) is 6.08 Å². The Labute approximate surface area is 68.2 Å². The number of carboxylic acid groups (broad SMARTS) is 1. The van der Waals surface area contributed by atoms with Crippen molar-refractivity contribution in [2.75, 3.05) is 0 Å². The SMILES string of the molecule is C=Cc1c[nH]c(=O)c(C(=O)O)c1. The van der Waals surface area contributed by atoms with Crippen LogP contribution in [0.3, 0.4) is 0 Å². The third kappa shape index (κ3) is 1.42. The predicted octanol–water partition coefficient (Wildman–Crippen LogP) is 0.716. The Morgan fingerprint density at radius 1 is 1.67 bits per heavy atom. The molecule has 0 bridgehead atoms. The van der Waals surface area contributed by atoms with Gasteiger partial charge in [-0.05, 0) is 11.6 Å². The largest absolute Gasteiger partial charge is 0.477 e. The Balaban J connectivity index is 3.36. The summed E-state index contributed by atoms with van der Waals surface area (Å²) in [6.07, 6.45) is 2.87. The van der Waals surface area contributed by atoms with Gasteiger partial charge in [-0.25, -0.2) is 4.79 Å². The van der Waals surface area contributed by atoms with Crippen molar-refractivity contribution in [3.63, 3.8) is 0 Å². The standard InChI is InChI=1S/C8H7NO3/c1-2-5-3-6(8(11)12)7(10)9-4-5/h2-4H,1H2,(H,9,10)(H,11,12). The highest BCUT2D eigenvalue weighted by atomic mass is 16.4. The highest BCUT2D eigenvalue weighted by molar-refractivity contribution is 5.87. The minimum Gasteiger partial charge on any atom is -0.477 e. The summed E-state index contributed by atoms with van der Waals surface area (Å²) >= 11 is 0. The van der Waals surface area contributed by atoms with Crippen LogP contribution >= 0.6 is 0 Å². The molecule has 0 aliphatic heterocycles. The molecule has 2 N–H and O–H groups in total. The molecule has 62 valence electrons. The summed E-state index contributed by atoms with van der Waals surface area (Å²) in [5.41, 5.74) is -0.299. The molecule has 0 aliphatic rings. The van der Waals surface area contributed by atoms with Crippen LogP contribution in [0.4, 0.5) is 0 Å². The summed E-state index contributed by atoms with van der Waals surface area (Å²) in [7, 11) is 0. The molecular weight excluding hydrogens is 158 g/mol. The van der Waals surface area contributed by atoms with Gasteiger partial charge in [0, 0.05) is 6.20 Å². The highest BCUT2D eigenvalue weighted by Gasteiger charge is 2.07. The second-order valence-electron chi connectivity index (χ2n) is 2.19. The molecule has 0 fully saturated rings. The van der Waals surface area contributed by atoms with Crippen molar-refractivity contribution < 1.29 is 9.90 Å². The van der Waals surface area contributed by atoms with Gasteiger partial charge in [0.2, 0.25) is 0 Å². The second-order valence-corrected chi connectivity index (χ2v) is 2.19. The number of rotatable bonds is 2. The average molecular weight is 165 g/mol. The van der Waals surface area contributed by atoms with E-state index in [9.17, 15) is 9.59 Å². The van der Waals surface area contributed by atoms with Crippen LogP contribution in [-0.4, -0.2) is 16.1 Å². The zero-order chi connectivity index (χ0) is 9.14. The molecule has 0 unspecified atom stereocenters. The number of aromatic nitrogens is 1. The van der Waals surface area contributed by atoms with Gasteiger partial charge in [0.05, 0.1) is 0 Å². The Kier molecular flexibility index (Phi) is 2.09. The van der Waals surface area contributed by atoms with Gasteiger partial charge >= 0.3 is 5.97 Å². The summed E-state index contributed by atoms with van der Waals surface area (Å²) < 4.78 is 0. The first-order chi connectivity index (χ1) is 5.65. The van der Waals surface area contributed by atoms with Gasteiger partial charge in [-0.2, -0.15) is 0 Å². The van der Waals surface area contributed by atoms with Gasteiger partial charge < -0.3 is 10.1 Å². The number of pyridine rings is 1. The maximum Gasteiger partial charge on any atom is 0.341 e. The molecule has 1 rings (SSSR count). The number of carboxylic acids is 1. The number of nitrogens with one attached hydrogen (secondary N) is 1. The number of aromatic carboxylic acids is 1. The van der Waals surface area contributed by atoms with E-state index in [1.54, 1.807) is 0 Å². The maximum absolute atomic E-state index is 10.9. The Bertz CT molecular complexity index is 378. The van der Waals surface area contributed by atoms with Gasteiger partial charge in [0.15, 0.2) is 0 Å². The Morgan fingerprint density at radius 2 is 2.33 bits per heavy atom. The van der Waals surface area contributed by atoms with E-state index in [1.807, 2.05) is 0 Å². The molecule has 0 aromatic carbocycles. The van der Waals surface area contributed by atoms with Crippen molar-refractivity contribution in [2.45, 2.75) is 0 Å². The molecule has 1 heterocycles. The number of hydrogen-bond acceptors (Lipinski definition) is 2. The number of carbonyl (C=O) groups is 1. The van der Waals surface area contributed by atoms with Crippen molar-refractivity contribution >= 4 is 12.0 Å². The fourth-order valence-corrected chi connectivity index (χ4v) is 0.777. The molecule has 0 radical (unpaired) electrons. The quantitative estimate of drug-likeness (QED) is 0.678. The predicted molar refractivity (Wildman–Crippen MR) is 44.1 cm³/mol. The van der Waals surface area contributed by atoms with Crippen LogP contribution < -0.4 is 5.56 Å². The molecule has 0 amide bonds. The number of aromatic amines is 1. The van der Waals surface area contributed by atoms with E-state index in [1.165, 1.54) is 18.3 Å². The molecule has 0 aliphatic carbocycles. The Morgan fingerprint density at radius 3 is 2.83 bits per heavy atom. The van der Waals surface area contributed by atoms with Crippen LogP contribution in [0.5, 0.6) is 0 Å². The summed E-state index contributed by atoms with van der Waals surface area (Å²) in [5.74, 6) is -1.24.